The third-order valence-electron chi connectivity index (χ3n) is 4.33. The molecule has 2 aromatic rings. The number of thiophene rings is 1. The topological polar surface area (TPSA) is 35.5 Å². The van der Waals surface area contributed by atoms with Gasteiger partial charge < -0.3 is 9.47 Å². The molecule has 1 aromatic heterocycles. The van der Waals surface area contributed by atoms with Gasteiger partial charge in [0, 0.05) is 10.8 Å². The van der Waals surface area contributed by atoms with Gasteiger partial charge in [0.15, 0.2) is 17.3 Å². The first-order valence-electron chi connectivity index (χ1n) is 8.25. The van der Waals surface area contributed by atoms with Gasteiger partial charge in [0.2, 0.25) is 0 Å². The molecule has 1 aliphatic rings. The van der Waals surface area contributed by atoms with Crippen molar-refractivity contribution in [3.8, 4) is 11.5 Å². The second-order valence-corrected chi connectivity index (χ2v) is 7.14. The second-order valence-electron chi connectivity index (χ2n) is 6.11. The van der Waals surface area contributed by atoms with Gasteiger partial charge in [-0.3, -0.25) is 4.79 Å². The van der Waals surface area contributed by atoms with Gasteiger partial charge in [-0.25, -0.2) is 0 Å². The molecular weight excluding hydrogens is 320 g/mol. The molecule has 1 aliphatic carbocycles. The van der Waals surface area contributed by atoms with Crippen LogP contribution in [0.2, 0.25) is 0 Å². The van der Waals surface area contributed by atoms with E-state index in [1.165, 1.54) is 4.88 Å². The smallest absolute Gasteiger partial charge is 0.161 e. The van der Waals surface area contributed by atoms with Gasteiger partial charge in [0.25, 0.3) is 0 Å². The lowest BCUT2D eigenvalue weighted by atomic mass is 9.84. The van der Waals surface area contributed by atoms with Crippen LogP contribution in [0.15, 0.2) is 41.3 Å². The van der Waals surface area contributed by atoms with Gasteiger partial charge in [0.05, 0.1) is 7.11 Å². The number of allylic oxidation sites excluding steroid dienone is 1. The molecule has 0 bridgehead atoms. The zero-order valence-electron chi connectivity index (χ0n) is 14.1. The highest BCUT2D eigenvalue weighted by Gasteiger charge is 2.22. The Bertz CT molecular complexity index is 731. The summed E-state index contributed by atoms with van der Waals surface area (Å²) < 4.78 is 11.3. The molecule has 24 heavy (non-hydrogen) atoms. The molecular formula is C20H22O3S. The third-order valence-corrected chi connectivity index (χ3v) is 5.18. The van der Waals surface area contributed by atoms with Crippen LogP contribution in [-0.4, -0.2) is 12.9 Å². The molecule has 4 heteroatoms. The first kappa shape index (κ1) is 16.8. The van der Waals surface area contributed by atoms with E-state index >= 15 is 0 Å². The quantitative estimate of drug-likeness (QED) is 0.709. The van der Waals surface area contributed by atoms with Crippen LogP contribution in [0.4, 0.5) is 0 Å². The fraction of sp³-hybridized carbons (Fsp3) is 0.350. The molecule has 3 rings (SSSR count). The summed E-state index contributed by atoms with van der Waals surface area (Å²) in [4.78, 5) is 13.4. The summed E-state index contributed by atoms with van der Waals surface area (Å²) in [6.07, 6.45) is 4.93. The average Bonchev–Trinajstić information content (AvgIpc) is 3.11. The number of ether oxygens (including phenoxy) is 2. The molecule has 1 heterocycles. The van der Waals surface area contributed by atoms with Crippen LogP contribution < -0.4 is 9.47 Å². The molecule has 1 saturated carbocycles. The van der Waals surface area contributed by atoms with Crippen molar-refractivity contribution in [2.45, 2.75) is 32.8 Å². The number of hydrogen-bond acceptors (Lipinski definition) is 4. The van der Waals surface area contributed by atoms with Crippen LogP contribution in [0.5, 0.6) is 11.5 Å². The van der Waals surface area contributed by atoms with Gasteiger partial charge in [-0.15, -0.1) is 11.3 Å². The number of hydrogen-bond donors (Lipinski definition) is 0. The molecule has 1 fully saturated rings. The Labute approximate surface area is 146 Å². The van der Waals surface area contributed by atoms with E-state index in [9.17, 15) is 4.79 Å². The summed E-state index contributed by atoms with van der Waals surface area (Å²) in [5.74, 6) is 1.83. The predicted octanol–water partition coefficient (Wildman–Crippen LogP) is 5.11. The van der Waals surface area contributed by atoms with Crippen LogP contribution in [-0.2, 0) is 11.4 Å². The van der Waals surface area contributed by atoms with Crippen LogP contribution >= 0.6 is 11.3 Å². The van der Waals surface area contributed by atoms with Crippen molar-refractivity contribution < 1.29 is 14.3 Å². The van der Waals surface area contributed by atoms with Crippen molar-refractivity contribution in [3.63, 3.8) is 0 Å². The second kappa shape index (κ2) is 7.67. The maximum absolute atomic E-state index is 12.3. The molecule has 0 amide bonds. The minimum absolute atomic E-state index is 0.139. The third kappa shape index (κ3) is 3.88. The number of benzene rings is 1. The van der Waals surface area contributed by atoms with E-state index in [4.69, 9.17) is 9.47 Å². The van der Waals surface area contributed by atoms with E-state index < -0.39 is 0 Å². The van der Waals surface area contributed by atoms with Crippen molar-refractivity contribution in [2.24, 2.45) is 5.92 Å². The van der Waals surface area contributed by atoms with E-state index in [-0.39, 0.29) is 11.7 Å². The minimum atomic E-state index is 0.139. The molecule has 0 saturated heterocycles. The predicted molar refractivity (Wildman–Crippen MR) is 97.6 cm³/mol. The molecule has 0 spiro atoms. The zero-order chi connectivity index (χ0) is 16.9. The molecule has 1 aromatic carbocycles. The Hall–Kier alpha value is -2.07. The standard InChI is InChI=1S/C20H22O3S/c1-14-5-3-6-16(20(14)21)11-15-8-9-18(19(12-15)22-2)23-13-17-7-4-10-24-17/h4,7-12,14H,3,5-6,13H2,1-2H3/b16-11+/t14-/m0/s1. The summed E-state index contributed by atoms with van der Waals surface area (Å²) >= 11 is 1.67. The number of carbonyl (C=O) groups is 1. The lowest BCUT2D eigenvalue weighted by molar-refractivity contribution is -0.119. The van der Waals surface area contributed by atoms with Crippen molar-refractivity contribution >= 4 is 23.2 Å². The number of Topliss-reactive ketones (excluding diaryl/α,β-unsaturated/α-hetero) is 1. The van der Waals surface area contributed by atoms with Crippen LogP contribution in [0.3, 0.4) is 0 Å². The maximum Gasteiger partial charge on any atom is 0.161 e. The maximum atomic E-state index is 12.3. The number of ketones is 1. The molecule has 0 unspecified atom stereocenters. The Morgan fingerprint density at radius 1 is 1.29 bits per heavy atom. The number of methoxy groups -OCH3 is 1. The molecule has 1 atom stereocenters. The van der Waals surface area contributed by atoms with Crippen LogP contribution in [0, 0.1) is 5.92 Å². The molecule has 3 nitrogen and oxygen atoms in total. The Morgan fingerprint density at radius 2 is 2.17 bits per heavy atom. The minimum Gasteiger partial charge on any atom is -0.493 e. The first-order chi connectivity index (χ1) is 11.7. The van der Waals surface area contributed by atoms with Crippen molar-refractivity contribution in [1.29, 1.82) is 0 Å². The van der Waals surface area contributed by atoms with Gasteiger partial charge >= 0.3 is 0 Å². The van der Waals surface area contributed by atoms with Crippen LogP contribution in [0.1, 0.15) is 36.6 Å². The molecule has 126 valence electrons. The summed E-state index contributed by atoms with van der Waals surface area (Å²) in [6, 6.07) is 9.88. The number of rotatable bonds is 5. The summed E-state index contributed by atoms with van der Waals surface area (Å²) in [7, 11) is 1.64. The van der Waals surface area contributed by atoms with E-state index in [1.54, 1.807) is 18.4 Å². The lowest BCUT2D eigenvalue weighted by Crippen LogP contribution is -2.18. The lowest BCUT2D eigenvalue weighted by Gasteiger charge is -2.19. The zero-order valence-corrected chi connectivity index (χ0v) is 14.9. The highest BCUT2D eigenvalue weighted by atomic mass is 32.1. The molecule has 0 aliphatic heterocycles. The van der Waals surface area contributed by atoms with Crippen molar-refractivity contribution in [1.82, 2.24) is 0 Å². The highest BCUT2D eigenvalue weighted by Crippen LogP contribution is 2.32. The SMILES string of the molecule is COc1cc(/C=C2\CCC[C@H](C)C2=O)ccc1OCc1cccs1. The molecule has 0 N–H and O–H groups in total. The summed E-state index contributed by atoms with van der Waals surface area (Å²) in [5.41, 5.74) is 1.90. The average molecular weight is 342 g/mol. The Kier molecular flexibility index (Phi) is 5.36. The van der Waals surface area contributed by atoms with Crippen molar-refractivity contribution in [3.05, 3.63) is 51.7 Å². The van der Waals surface area contributed by atoms with Gasteiger partial charge in [0.1, 0.15) is 6.61 Å². The number of carbonyl (C=O) groups excluding carboxylic acids is 1. The van der Waals surface area contributed by atoms with E-state index in [2.05, 4.69) is 0 Å². The monoisotopic (exact) mass is 342 g/mol. The fourth-order valence-corrected chi connectivity index (χ4v) is 3.57. The Balaban J connectivity index is 1.77. The molecule has 0 radical (unpaired) electrons. The Morgan fingerprint density at radius 3 is 2.92 bits per heavy atom. The van der Waals surface area contributed by atoms with E-state index in [0.717, 1.165) is 36.1 Å². The summed E-state index contributed by atoms with van der Waals surface area (Å²) in [5, 5.41) is 2.04. The van der Waals surface area contributed by atoms with Gasteiger partial charge in [-0.2, -0.15) is 0 Å². The largest absolute Gasteiger partial charge is 0.493 e. The van der Waals surface area contributed by atoms with Crippen LogP contribution in [0.25, 0.3) is 6.08 Å². The van der Waals surface area contributed by atoms with E-state index in [0.29, 0.717) is 12.4 Å². The normalized spacial score (nSPS) is 19.5. The first-order valence-corrected chi connectivity index (χ1v) is 9.13. The van der Waals surface area contributed by atoms with Gasteiger partial charge in [-0.05, 0) is 60.1 Å². The fourth-order valence-electron chi connectivity index (χ4n) is 2.95. The van der Waals surface area contributed by atoms with Gasteiger partial charge in [-0.1, -0.05) is 19.1 Å². The highest BCUT2D eigenvalue weighted by molar-refractivity contribution is 7.09. The summed E-state index contributed by atoms with van der Waals surface area (Å²) in [6.45, 7) is 2.54. The van der Waals surface area contributed by atoms with E-state index in [1.807, 2.05) is 48.7 Å². The van der Waals surface area contributed by atoms with Crippen molar-refractivity contribution in [2.75, 3.05) is 7.11 Å².